The van der Waals surface area contributed by atoms with Gasteiger partial charge in [-0.15, -0.1) is 0 Å². The Bertz CT molecular complexity index is 4800. The maximum absolute atomic E-state index is 7.38. The molecule has 0 saturated carbocycles. The Balaban J connectivity index is 0.706. The van der Waals surface area contributed by atoms with Crippen molar-refractivity contribution in [1.82, 2.24) is 0 Å². The van der Waals surface area contributed by atoms with Gasteiger partial charge < -0.3 is 27.6 Å². The second-order valence-corrected chi connectivity index (χ2v) is 26.6. The van der Waals surface area contributed by atoms with E-state index in [1.54, 1.807) is 0 Å². The summed E-state index contributed by atoms with van der Waals surface area (Å²) in [7, 11) is -0.660. The lowest BCUT2D eigenvalue weighted by Crippen LogP contribution is -2.49. The summed E-state index contributed by atoms with van der Waals surface area (Å²) in [6.45, 7) is 17.5. The monoisotopic (exact) mass is 1120 g/mol. The number of benzene rings is 10. The number of rotatable bonds is 9. The summed E-state index contributed by atoms with van der Waals surface area (Å²) in [4.78, 5) is 0. The Hall–Kier alpha value is -8.88. The molecule has 2 atom stereocenters. The molecule has 0 radical (unpaired) electrons. The minimum Gasteiger partial charge on any atom is -0.483 e. The van der Waals surface area contributed by atoms with Gasteiger partial charge in [-0.25, -0.2) is 0 Å². The van der Waals surface area contributed by atoms with E-state index >= 15 is 0 Å². The highest BCUT2D eigenvalue weighted by atomic mass is 16.7. The van der Waals surface area contributed by atoms with Crippen molar-refractivity contribution in [3.05, 3.63) is 269 Å². The van der Waals surface area contributed by atoms with E-state index < -0.39 is 34.9 Å². The van der Waals surface area contributed by atoms with Gasteiger partial charge in [0.1, 0.15) is 39.5 Å². The van der Waals surface area contributed by atoms with Crippen LogP contribution in [0.25, 0.3) is 88.4 Å². The van der Waals surface area contributed by atoms with Gasteiger partial charge in [-0.05, 0) is 146 Å². The number of furan rings is 2. The molecule has 0 amide bonds. The number of ether oxygens (including phenoxy) is 2. The Morgan fingerprint density at radius 3 is 1.71 bits per heavy atom. The third-order valence-electron chi connectivity index (χ3n) is 21.2. The van der Waals surface area contributed by atoms with E-state index in [0.29, 0.717) is 0 Å². The average Bonchev–Trinajstić information content (AvgIpc) is 1.61. The molecule has 2 aliphatic heterocycles. The first-order valence-electron chi connectivity index (χ1n) is 30.6. The summed E-state index contributed by atoms with van der Waals surface area (Å²) >= 11 is 0. The highest BCUT2D eigenvalue weighted by Crippen LogP contribution is 2.62. The molecule has 0 spiro atoms. The van der Waals surface area contributed by atoms with Crippen molar-refractivity contribution in [2.75, 3.05) is 0 Å². The van der Waals surface area contributed by atoms with E-state index in [4.69, 9.17) is 27.6 Å². The molecule has 10 aromatic carbocycles. The van der Waals surface area contributed by atoms with Gasteiger partial charge in [0.2, 0.25) is 0 Å². The first-order valence-corrected chi connectivity index (χ1v) is 30.6. The van der Waals surface area contributed by atoms with Gasteiger partial charge in [-0.2, -0.15) is 0 Å². The maximum atomic E-state index is 7.38. The zero-order valence-electron chi connectivity index (χ0n) is 49.8. The molecule has 17 rings (SSSR count). The summed E-state index contributed by atoms with van der Waals surface area (Å²) < 4.78 is 41.9. The second kappa shape index (κ2) is 17.9. The highest BCUT2D eigenvalue weighted by Gasteiger charge is 2.59. The average molecular weight is 1120 g/mol. The van der Waals surface area contributed by atoms with Crippen LogP contribution in [-0.4, -0.2) is 29.5 Å². The number of para-hydroxylation sites is 3. The van der Waals surface area contributed by atoms with Crippen LogP contribution in [0.1, 0.15) is 113 Å². The van der Waals surface area contributed by atoms with Crippen molar-refractivity contribution >= 4 is 56.5 Å². The van der Waals surface area contributed by atoms with Crippen LogP contribution >= 0.6 is 0 Å². The fourth-order valence-electron chi connectivity index (χ4n) is 15.6. The molecule has 4 heterocycles. The van der Waals surface area contributed by atoms with Crippen molar-refractivity contribution in [3.8, 4) is 44.5 Å². The van der Waals surface area contributed by atoms with Crippen LogP contribution in [0, 0.1) is 0 Å². The second-order valence-electron chi connectivity index (χ2n) is 26.6. The van der Waals surface area contributed by atoms with Gasteiger partial charge in [-0.3, -0.25) is 0 Å². The SMILES string of the molecule is CC1(CCC2(C)OB(c3cccc4c3oc3c(-c5ccc6c(c5)C(c5ccccc5)(c5ccccc5)c5ccccc5-6)cccc34)OC2(C)C)c2ccccc2-c2c(-c3cccc4oc5c(C6C7=C6OC(C)(C)C(C)(C)O7)cccc5c34)cccc21. The van der Waals surface area contributed by atoms with Gasteiger partial charge in [-0.1, -0.05) is 213 Å². The molecule has 12 aromatic rings. The van der Waals surface area contributed by atoms with Crippen molar-refractivity contribution in [1.29, 1.82) is 0 Å². The van der Waals surface area contributed by atoms with Crippen molar-refractivity contribution < 1.29 is 27.6 Å². The Labute approximate surface area is 502 Å². The number of fused-ring (bicyclic) bond motifs is 12. The quantitative estimate of drug-likeness (QED) is 0.134. The molecule has 3 aliphatic carbocycles. The molecule has 1 fully saturated rings. The summed E-state index contributed by atoms with van der Waals surface area (Å²) in [5.41, 5.74) is 19.4. The highest BCUT2D eigenvalue weighted by molar-refractivity contribution is 6.65. The van der Waals surface area contributed by atoms with E-state index in [0.717, 1.165) is 96.0 Å². The predicted molar refractivity (Wildman–Crippen MR) is 347 cm³/mol. The lowest BCUT2D eigenvalue weighted by atomic mass is 9.67. The normalized spacial score (nSPS) is 20.9. The molecule has 0 N–H and O–H groups in total. The molecular formula is C79H65BO6. The number of hydrogen-bond donors (Lipinski definition) is 0. The van der Waals surface area contributed by atoms with E-state index in [1.165, 1.54) is 61.2 Å². The van der Waals surface area contributed by atoms with E-state index in [1.807, 2.05) is 0 Å². The third kappa shape index (κ3) is 6.98. The van der Waals surface area contributed by atoms with Gasteiger partial charge in [0.15, 0.2) is 11.5 Å². The molecule has 6 nitrogen and oxygen atoms in total. The van der Waals surface area contributed by atoms with Gasteiger partial charge in [0.25, 0.3) is 0 Å². The zero-order chi connectivity index (χ0) is 58.3. The van der Waals surface area contributed by atoms with Gasteiger partial charge in [0.05, 0.1) is 16.6 Å². The molecule has 86 heavy (non-hydrogen) atoms. The topological polar surface area (TPSA) is 63.2 Å². The summed E-state index contributed by atoms with van der Waals surface area (Å²) in [6.07, 6.45) is 1.57. The third-order valence-corrected chi connectivity index (χ3v) is 21.2. The molecular weight excluding hydrogens is 1060 g/mol. The predicted octanol–water partition coefficient (Wildman–Crippen LogP) is 19.1. The van der Waals surface area contributed by atoms with E-state index in [9.17, 15) is 0 Å². The van der Waals surface area contributed by atoms with Crippen LogP contribution in [0.2, 0.25) is 0 Å². The van der Waals surface area contributed by atoms with Crippen LogP contribution in [0.3, 0.4) is 0 Å². The summed E-state index contributed by atoms with van der Waals surface area (Å²) in [5, 5.41) is 4.29. The van der Waals surface area contributed by atoms with E-state index in [-0.39, 0.29) is 11.3 Å². The lowest BCUT2D eigenvalue weighted by Gasteiger charge is -2.41. The summed E-state index contributed by atoms with van der Waals surface area (Å²) in [5.74, 6) is 1.76. The standard InChI is InChI=1S/C79H65BO6/c1-74(2)75(3,4)84-73-68(72(73)83-74)59-36-20-35-58-67-54(32-23-41-65(67)81-70(58)59)53-31-21-39-62-66(53)57-29-16-17-37-60(57)77(62,7)44-45-78(8)76(5,6)85-80(86-78)64-40-22-34-56-55-33-19-30-50(69(55)82-71(56)64)47-42-43-52-51-28-15-18-38-61(51)79(63(52)46-47,48-24-11-9-12-25-48)49-26-13-10-14-27-49/h9-43,46,68H,44-45H2,1-8H3. The first-order chi connectivity index (χ1) is 41.6. The number of hydrogen-bond acceptors (Lipinski definition) is 6. The smallest absolute Gasteiger partial charge is 0.483 e. The largest absolute Gasteiger partial charge is 0.498 e. The zero-order valence-corrected chi connectivity index (χ0v) is 49.8. The van der Waals surface area contributed by atoms with Crippen LogP contribution in [0.4, 0.5) is 0 Å². The molecule has 5 aliphatic rings. The van der Waals surface area contributed by atoms with Gasteiger partial charge in [0, 0.05) is 43.5 Å². The summed E-state index contributed by atoms with van der Waals surface area (Å²) in [6, 6.07) is 79.8. The number of allylic oxidation sites excluding steroid dienone is 2. The van der Waals surface area contributed by atoms with E-state index in [2.05, 4.69) is 274 Å². The van der Waals surface area contributed by atoms with Crippen LogP contribution in [0.5, 0.6) is 0 Å². The molecule has 2 unspecified atom stereocenters. The lowest BCUT2D eigenvalue weighted by molar-refractivity contribution is -0.144. The fourth-order valence-corrected chi connectivity index (χ4v) is 15.6. The van der Waals surface area contributed by atoms with Crippen molar-refractivity contribution in [2.24, 2.45) is 0 Å². The molecule has 7 heteroatoms. The molecule has 420 valence electrons. The first kappa shape index (κ1) is 51.5. The Kier molecular flexibility index (Phi) is 10.7. The van der Waals surface area contributed by atoms with Crippen LogP contribution in [-0.2, 0) is 29.6 Å². The van der Waals surface area contributed by atoms with Crippen LogP contribution < -0.4 is 5.46 Å². The van der Waals surface area contributed by atoms with Crippen molar-refractivity contribution in [3.63, 3.8) is 0 Å². The minimum atomic E-state index is -0.669. The maximum Gasteiger partial charge on any atom is 0.498 e. The Morgan fingerprint density at radius 1 is 0.395 bits per heavy atom. The van der Waals surface area contributed by atoms with Crippen molar-refractivity contribution in [2.45, 2.75) is 107 Å². The molecule has 1 saturated heterocycles. The van der Waals surface area contributed by atoms with Crippen LogP contribution in [0.15, 0.2) is 239 Å². The fraction of sp³-hybridized carbons (Fsp3) is 0.215. The Morgan fingerprint density at radius 2 is 0.965 bits per heavy atom. The minimum absolute atomic E-state index is 0.0641. The molecule has 0 bridgehead atoms. The van der Waals surface area contributed by atoms with Gasteiger partial charge >= 0.3 is 7.12 Å². The molecule has 2 aromatic heterocycles.